The number of thioether (sulfide) groups is 1. The molecule has 2 rings (SSSR count). The maximum atomic E-state index is 12.7. The summed E-state index contributed by atoms with van der Waals surface area (Å²) in [5.41, 5.74) is 2.85. The van der Waals surface area contributed by atoms with Gasteiger partial charge in [0.25, 0.3) is 0 Å². The SMILES string of the molecule is CSCCC(NS(=O)(=O)c1ccccc1)C(=O)Nc1ccc(C)c(C)c1. The number of carbonyl (C=O) groups is 1. The van der Waals surface area contributed by atoms with Crippen molar-refractivity contribution in [1.82, 2.24) is 4.72 Å². The van der Waals surface area contributed by atoms with Crippen molar-refractivity contribution in [3.05, 3.63) is 59.7 Å². The lowest BCUT2D eigenvalue weighted by Crippen LogP contribution is -2.44. The topological polar surface area (TPSA) is 75.3 Å². The second kappa shape index (κ2) is 9.21. The lowest BCUT2D eigenvalue weighted by Gasteiger charge is -2.18. The molecular weight excluding hydrogens is 368 g/mol. The molecule has 0 radical (unpaired) electrons. The average Bonchev–Trinajstić information content (AvgIpc) is 2.62. The molecule has 0 saturated heterocycles. The van der Waals surface area contributed by atoms with E-state index in [9.17, 15) is 13.2 Å². The lowest BCUT2D eigenvalue weighted by molar-refractivity contribution is -0.117. The predicted molar refractivity (Wildman–Crippen MR) is 108 cm³/mol. The Labute approximate surface area is 159 Å². The first kappa shape index (κ1) is 20.5. The van der Waals surface area contributed by atoms with Gasteiger partial charge in [0.2, 0.25) is 15.9 Å². The lowest BCUT2D eigenvalue weighted by atomic mass is 10.1. The first-order valence-corrected chi connectivity index (χ1v) is 11.2. The van der Waals surface area contributed by atoms with Crippen LogP contribution >= 0.6 is 11.8 Å². The largest absolute Gasteiger partial charge is 0.325 e. The summed E-state index contributed by atoms with van der Waals surface area (Å²) in [6.45, 7) is 3.96. The number of hydrogen-bond acceptors (Lipinski definition) is 4. The van der Waals surface area contributed by atoms with Crippen molar-refractivity contribution in [1.29, 1.82) is 0 Å². The van der Waals surface area contributed by atoms with Crippen LogP contribution in [0.4, 0.5) is 5.69 Å². The molecule has 0 aliphatic heterocycles. The zero-order valence-electron chi connectivity index (χ0n) is 15.2. The van der Waals surface area contributed by atoms with Gasteiger partial charge in [-0.15, -0.1) is 0 Å². The number of aryl methyl sites for hydroxylation is 2. The van der Waals surface area contributed by atoms with E-state index < -0.39 is 16.1 Å². The van der Waals surface area contributed by atoms with Crippen molar-refractivity contribution in [3.8, 4) is 0 Å². The predicted octanol–water partition coefficient (Wildman–Crippen LogP) is 3.34. The van der Waals surface area contributed by atoms with Crippen molar-refractivity contribution >= 4 is 33.4 Å². The van der Waals surface area contributed by atoms with Crippen molar-refractivity contribution in [2.75, 3.05) is 17.3 Å². The zero-order valence-corrected chi connectivity index (χ0v) is 16.8. The van der Waals surface area contributed by atoms with E-state index >= 15 is 0 Å². The Morgan fingerprint density at radius 1 is 1.08 bits per heavy atom. The van der Waals surface area contributed by atoms with Crippen LogP contribution in [0.2, 0.25) is 0 Å². The second-order valence-corrected chi connectivity index (χ2v) is 8.76. The number of sulfonamides is 1. The van der Waals surface area contributed by atoms with Gasteiger partial charge >= 0.3 is 0 Å². The fourth-order valence-electron chi connectivity index (χ4n) is 2.38. The standard InChI is InChI=1S/C19H24N2O3S2/c1-14-9-10-16(13-15(14)2)20-19(22)18(11-12-25-3)21-26(23,24)17-7-5-4-6-8-17/h4-10,13,18,21H,11-12H2,1-3H3,(H,20,22). The van der Waals surface area contributed by atoms with E-state index in [1.807, 2.05) is 38.3 Å². The Morgan fingerprint density at radius 3 is 2.38 bits per heavy atom. The molecule has 2 aromatic rings. The van der Waals surface area contributed by atoms with Gasteiger partial charge in [0.15, 0.2) is 0 Å². The van der Waals surface area contributed by atoms with E-state index in [1.54, 1.807) is 30.0 Å². The molecule has 26 heavy (non-hydrogen) atoms. The van der Waals surface area contributed by atoms with Crippen LogP contribution in [0.5, 0.6) is 0 Å². The summed E-state index contributed by atoms with van der Waals surface area (Å²) in [5.74, 6) is 0.310. The highest BCUT2D eigenvalue weighted by Gasteiger charge is 2.25. The summed E-state index contributed by atoms with van der Waals surface area (Å²) in [4.78, 5) is 12.8. The van der Waals surface area contributed by atoms with Crippen molar-refractivity contribution in [3.63, 3.8) is 0 Å². The molecule has 140 valence electrons. The summed E-state index contributed by atoms with van der Waals surface area (Å²) in [5, 5.41) is 2.82. The van der Waals surface area contributed by atoms with Gasteiger partial charge in [-0.05, 0) is 67.7 Å². The molecule has 0 saturated carbocycles. The Bertz CT molecular complexity index is 852. The Hall–Kier alpha value is -1.83. The number of anilines is 1. The van der Waals surface area contributed by atoms with Gasteiger partial charge < -0.3 is 5.32 Å². The first-order chi connectivity index (χ1) is 12.3. The average molecular weight is 393 g/mol. The maximum Gasteiger partial charge on any atom is 0.242 e. The van der Waals surface area contributed by atoms with Crippen LogP contribution in [0.3, 0.4) is 0 Å². The van der Waals surface area contributed by atoms with Crippen molar-refractivity contribution in [2.45, 2.75) is 31.2 Å². The maximum absolute atomic E-state index is 12.7. The van der Waals surface area contributed by atoms with Crippen LogP contribution in [0, 0.1) is 13.8 Å². The normalized spacial score (nSPS) is 12.6. The van der Waals surface area contributed by atoms with Gasteiger partial charge in [-0.3, -0.25) is 4.79 Å². The molecule has 2 N–H and O–H groups in total. The highest BCUT2D eigenvalue weighted by atomic mass is 32.2. The number of carbonyl (C=O) groups excluding carboxylic acids is 1. The first-order valence-electron chi connectivity index (χ1n) is 8.28. The number of amides is 1. The summed E-state index contributed by atoms with van der Waals surface area (Å²) >= 11 is 1.57. The van der Waals surface area contributed by atoms with Gasteiger partial charge in [-0.1, -0.05) is 24.3 Å². The highest BCUT2D eigenvalue weighted by molar-refractivity contribution is 7.98. The van der Waals surface area contributed by atoms with Gasteiger partial charge in [0.05, 0.1) is 4.90 Å². The van der Waals surface area contributed by atoms with Crippen molar-refractivity contribution < 1.29 is 13.2 Å². The van der Waals surface area contributed by atoms with Crippen LogP contribution in [-0.2, 0) is 14.8 Å². The van der Waals surface area contributed by atoms with Gasteiger partial charge in [-0.2, -0.15) is 16.5 Å². The fraction of sp³-hybridized carbons (Fsp3) is 0.316. The van der Waals surface area contributed by atoms with Gasteiger partial charge in [-0.25, -0.2) is 8.42 Å². The number of rotatable bonds is 8. The summed E-state index contributed by atoms with van der Waals surface area (Å²) < 4.78 is 27.7. The van der Waals surface area contributed by atoms with E-state index in [4.69, 9.17) is 0 Å². The molecular formula is C19H24N2O3S2. The number of hydrogen-bond donors (Lipinski definition) is 2. The Morgan fingerprint density at radius 2 is 1.77 bits per heavy atom. The molecule has 0 aliphatic carbocycles. The molecule has 7 heteroatoms. The molecule has 1 atom stereocenters. The number of benzene rings is 2. The van der Waals surface area contributed by atoms with Crippen LogP contribution in [0.15, 0.2) is 53.4 Å². The van der Waals surface area contributed by atoms with Crippen LogP contribution in [0.25, 0.3) is 0 Å². The zero-order chi connectivity index (χ0) is 19.2. The molecule has 2 aromatic carbocycles. The quantitative estimate of drug-likeness (QED) is 0.722. The molecule has 1 unspecified atom stereocenters. The van der Waals surface area contributed by atoms with E-state index in [0.29, 0.717) is 17.9 Å². The molecule has 0 aromatic heterocycles. The Balaban J connectivity index is 2.17. The smallest absolute Gasteiger partial charge is 0.242 e. The summed E-state index contributed by atoms with van der Waals surface area (Å²) in [6, 6.07) is 12.9. The molecule has 0 heterocycles. The minimum Gasteiger partial charge on any atom is -0.325 e. The molecule has 0 bridgehead atoms. The number of nitrogens with one attached hydrogen (secondary N) is 2. The third-order valence-corrected chi connectivity index (χ3v) is 6.18. The van der Waals surface area contributed by atoms with E-state index in [0.717, 1.165) is 11.1 Å². The molecule has 5 nitrogen and oxygen atoms in total. The van der Waals surface area contributed by atoms with E-state index in [1.165, 1.54) is 12.1 Å². The second-order valence-electron chi connectivity index (χ2n) is 6.06. The Kier molecular flexibility index (Phi) is 7.25. The molecule has 1 amide bonds. The molecule has 0 aliphatic rings. The third-order valence-electron chi connectivity index (χ3n) is 4.05. The molecule has 0 fully saturated rings. The molecule has 0 spiro atoms. The monoisotopic (exact) mass is 392 g/mol. The summed E-state index contributed by atoms with van der Waals surface area (Å²) in [7, 11) is -3.76. The van der Waals surface area contributed by atoms with E-state index in [-0.39, 0.29) is 10.8 Å². The highest BCUT2D eigenvalue weighted by Crippen LogP contribution is 2.16. The van der Waals surface area contributed by atoms with Crippen LogP contribution in [-0.4, -0.2) is 32.4 Å². The van der Waals surface area contributed by atoms with Gasteiger partial charge in [0, 0.05) is 5.69 Å². The van der Waals surface area contributed by atoms with E-state index in [2.05, 4.69) is 10.0 Å². The van der Waals surface area contributed by atoms with Crippen LogP contribution in [0.1, 0.15) is 17.5 Å². The fourth-order valence-corrected chi connectivity index (χ4v) is 4.11. The minimum atomic E-state index is -3.76. The minimum absolute atomic E-state index is 0.146. The summed E-state index contributed by atoms with van der Waals surface area (Å²) in [6.07, 6.45) is 2.33. The van der Waals surface area contributed by atoms with Crippen LogP contribution < -0.4 is 10.0 Å². The third kappa shape index (κ3) is 5.59. The van der Waals surface area contributed by atoms with Gasteiger partial charge in [0.1, 0.15) is 6.04 Å². The van der Waals surface area contributed by atoms with Crippen molar-refractivity contribution in [2.24, 2.45) is 0 Å².